The molecule has 0 aliphatic heterocycles. The van der Waals surface area contributed by atoms with Gasteiger partial charge < -0.3 is 4.79 Å². The first kappa shape index (κ1) is 16.4. The van der Waals surface area contributed by atoms with Crippen molar-refractivity contribution >= 4 is 6.29 Å². The predicted octanol–water partition coefficient (Wildman–Crippen LogP) is 5.44. The van der Waals surface area contributed by atoms with Gasteiger partial charge in [-0.15, -0.1) is 0 Å². The molecule has 0 aromatic rings. The molecule has 0 aromatic heterocycles. The first-order valence-electron chi connectivity index (χ1n) is 7.50. The fourth-order valence-corrected chi connectivity index (χ4v) is 1.94. The fraction of sp³-hybridized carbons (Fsp3) is 0.812. The molecule has 0 saturated carbocycles. The summed E-state index contributed by atoms with van der Waals surface area (Å²) in [4.78, 5) is 10.1. The molecule has 0 saturated heterocycles. The molecule has 0 aromatic carbocycles. The Labute approximate surface area is 108 Å². The first-order chi connectivity index (χ1) is 8.41. The maximum Gasteiger partial charge on any atom is 0.119 e. The highest BCUT2D eigenvalue weighted by molar-refractivity contribution is 5.48. The summed E-state index contributed by atoms with van der Waals surface area (Å²) in [6.45, 7) is 2.26. The molecule has 0 N–H and O–H groups in total. The SMILES string of the molecule is CCCCCCCCC/C=C/CCCCC=O. The highest BCUT2D eigenvalue weighted by Gasteiger charge is 1.89. The van der Waals surface area contributed by atoms with E-state index in [2.05, 4.69) is 19.1 Å². The van der Waals surface area contributed by atoms with Gasteiger partial charge in [0.1, 0.15) is 6.29 Å². The van der Waals surface area contributed by atoms with E-state index in [0.29, 0.717) is 0 Å². The first-order valence-corrected chi connectivity index (χ1v) is 7.50. The topological polar surface area (TPSA) is 17.1 Å². The zero-order valence-electron chi connectivity index (χ0n) is 11.6. The van der Waals surface area contributed by atoms with Gasteiger partial charge in [0.25, 0.3) is 0 Å². The smallest absolute Gasteiger partial charge is 0.119 e. The van der Waals surface area contributed by atoms with Crippen molar-refractivity contribution in [3.63, 3.8) is 0 Å². The van der Waals surface area contributed by atoms with E-state index in [0.717, 1.165) is 32.0 Å². The van der Waals surface area contributed by atoms with Gasteiger partial charge in [0.05, 0.1) is 0 Å². The van der Waals surface area contributed by atoms with Crippen molar-refractivity contribution in [2.75, 3.05) is 0 Å². The molecule has 100 valence electrons. The van der Waals surface area contributed by atoms with Crippen LogP contribution in [-0.4, -0.2) is 6.29 Å². The highest BCUT2D eigenvalue weighted by Crippen LogP contribution is 2.09. The van der Waals surface area contributed by atoms with E-state index in [1.165, 1.54) is 51.4 Å². The van der Waals surface area contributed by atoms with Crippen molar-refractivity contribution in [2.45, 2.75) is 84.0 Å². The van der Waals surface area contributed by atoms with Crippen LogP contribution in [0.4, 0.5) is 0 Å². The Morgan fingerprint density at radius 3 is 1.71 bits per heavy atom. The minimum absolute atomic E-state index is 0.728. The third-order valence-electron chi connectivity index (χ3n) is 3.08. The van der Waals surface area contributed by atoms with Crippen molar-refractivity contribution < 1.29 is 4.79 Å². The summed E-state index contributed by atoms with van der Waals surface area (Å²) in [5, 5.41) is 0. The Morgan fingerprint density at radius 1 is 0.647 bits per heavy atom. The van der Waals surface area contributed by atoms with Crippen LogP contribution in [0, 0.1) is 0 Å². The monoisotopic (exact) mass is 238 g/mol. The van der Waals surface area contributed by atoms with Crippen LogP contribution in [0.3, 0.4) is 0 Å². The Kier molecular flexibility index (Phi) is 14.9. The lowest BCUT2D eigenvalue weighted by atomic mass is 10.1. The van der Waals surface area contributed by atoms with E-state index >= 15 is 0 Å². The van der Waals surface area contributed by atoms with Gasteiger partial charge in [0.2, 0.25) is 0 Å². The van der Waals surface area contributed by atoms with E-state index in [9.17, 15) is 4.79 Å². The number of hydrogen-bond donors (Lipinski definition) is 0. The Hall–Kier alpha value is -0.590. The number of carbonyl (C=O) groups is 1. The van der Waals surface area contributed by atoms with E-state index in [1.54, 1.807) is 0 Å². The van der Waals surface area contributed by atoms with E-state index in [4.69, 9.17) is 0 Å². The van der Waals surface area contributed by atoms with Gasteiger partial charge >= 0.3 is 0 Å². The maximum absolute atomic E-state index is 10.1. The van der Waals surface area contributed by atoms with E-state index in [-0.39, 0.29) is 0 Å². The third-order valence-corrected chi connectivity index (χ3v) is 3.08. The quantitative estimate of drug-likeness (QED) is 0.237. The lowest BCUT2D eigenvalue weighted by Gasteiger charge is -1.98. The summed E-state index contributed by atoms with van der Waals surface area (Å²) in [5.41, 5.74) is 0. The van der Waals surface area contributed by atoms with Gasteiger partial charge in [-0.3, -0.25) is 0 Å². The van der Waals surface area contributed by atoms with Crippen LogP contribution in [0.1, 0.15) is 84.0 Å². The second kappa shape index (κ2) is 15.4. The van der Waals surface area contributed by atoms with Gasteiger partial charge in [-0.2, -0.15) is 0 Å². The Bertz CT molecular complexity index is 172. The highest BCUT2D eigenvalue weighted by atomic mass is 16.1. The number of hydrogen-bond acceptors (Lipinski definition) is 1. The predicted molar refractivity (Wildman–Crippen MR) is 76.3 cm³/mol. The van der Waals surface area contributed by atoms with Crippen LogP contribution in [0.5, 0.6) is 0 Å². The van der Waals surface area contributed by atoms with Crippen LogP contribution in [-0.2, 0) is 4.79 Å². The maximum atomic E-state index is 10.1. The van der Waals surface area contributed by atoms with E-state index < -0.39 is 0 Å². The standard InChI is InChI=1S/C16H30O/c1-2-3-4-5-6-7-8-9-10-11-12-13-14-15-16-17/h10-11,16H,2-9,12-15H2,1H3/b11-10+. The summed E-state index contributed by atoms with van der Waals surface area (Å²) in [6, 6.07) is 0. The molecule has 0 bridgehead atoms. The molecule has 0 heterocycles. The average Bonchev–Trinajstić information content (AvgIpc) is 2.35. The molecular formula is C16H30O. The zero-order valence-corrected chi connectivity index (χ0v) is 11.6. The lowest BCUT2D eigenvalue weighted by Crippen LogP contribution is -1.79. The summed E-state index contributed by atoms with van der Waals surface area (Å²) in [5.74, 6) is 0. The van der Waals surface area contributed by atoms with Crippen molar-refractivity contribution in [3.8, 4) is 0 Å². The molecule has 17 heavy (non-hydrogen) atoms. The summed E-state index contributed by atoms with van der Waals surface area (Å²) in [7, 11) is 0. The number of rotatable bonds is 13. The molecule has 0 amide bonds. The second-order valence-electron chi connectivity index (χ2n) is 4.83. The molecule has 1 heteroatoms. The summed E-state index contributed by atoms with van der Waals surface area (Å²) in [6.07, 6.45) is 20.6. The van der Waals surface area contributed by atoms with Gasteiger partial charge in [0, 0.05) is 6.42 Å². The molecule has 0 rings (SSSR count). The number of carbonyl (C=O) groups excluding carboxylic acids is 1. The second-order valence-corrected chi connectivity index (χ2v) is 4.83. The van der Waals surface area contributed by atoms with Crippen LogP contribution in [0.2, 0.25) is 0 Å². The Balaban J connectivity index is 3.01. The summed E-state index contributed by atoms with van der Waals surface area (Å²) < 4.78 is 0. The summed E-state index contributed by atoms with van der Waals surface area (Å²) >= 11 is 0. The molecule has 0 unspecified atom stereocenters. The normalized spacial score (nSPS) is 11.1. The molecule has 0 radical (unpaired) electrons. The third kappa shape index (κ3) is 15.4. The zero-order chi connectivity index (χ0) is 12.6. The van der Waals surface area contributed by atoms with Crippen LogP contribution < -0.4 is 0 Å². The van der Waals surface area contributed by atoms with Gasteiger partial charge in [-0.05, 0) is 32.1 Å². The Morgan fingerprint density at radius 2 is 1.12 bits per heavy atom. The van der Waals surface area contributed by atoms with Gasteiger partial charge in [-0.25, -0.2) is 0 Å². The molecule has 0 aliphatic rings. The number of aldehydes is 1. The van der Waals surface area contributed by atoms with Crippen molar-refractivity contribution in [2.24, 2.45) is 0 Å². The van der Waals surface area contributed by atoms with Gasteiger partial charge in [-0.1, -0.05) is 57.6 Å². The van der Waals surface area contributed by atoms with Crippen molar-refractivity contribution in [1.82, 2.24) is 0 Å². The van der Waals surface area contributed by atoms with Gasteiger partial charge in [0.15, 0.2) is 0 Å². The minimum atomic E-state index is 0.728. The number of allylic oxidation sites excluding steroid dienone is 2. The van der Waals surface area contributed by atoms with Crippen molar-refractivity contribution in [1.29, 1.82) is 0 Å². The molecular weight excluding hydrogens is 208 g/mol. The van der Waals surface area contributed by atoms with Crippen LogP contribution in [0.15, 0.2) is 12.2 Å². The van der Waals surface area contributed by atoms with Crippen LogP contribution in [0.25, 0.3) is 0 Å². The largest absolute Gasteiger partial charge is 0.303 e. The minimum Gasteiger partial charge on any atom is -0.303 e. The fourth-order valence-electron chi connectivity index (χ4n) is 1.94. The van der Waals surface area contributed by atoms with Crippen LogP contribution >= 0.6 is 0 Å². The molecule has 1 nitrogen and oxygen atoms in total. The molecule has 0 spiro atoms. The molecule has 0 aliphatic carbocycles. The lowest BCUT2D eigenvalue weighted by molar-refractivity contribution is -0.107. The molecule has 0 fully saturated rings. The van der Waals surface area contributed by atoms with Crippen molar-refractivity contribution in [3.05, 3.63) is 12.2 Å². The molecule has 0 atom stereocenters. The average molecular weight is 238 g/mol. The van der Waals surface area contributed by atoms with E-state index in [1.807, 2.05) is 0 Å². The number of unbranched alkanes of at least 4 members (excludes halogenated alkanes) is 10.